The molecule has 3 heteroatoms. The molecule has 0 radical (unpaired) electrons. The molecule has 116 valence electrons. The summed E-state index contributed by atoms with van der Waals surface area (Å²) in [5.41, 5.74) is 6.32. The van der Waals surface area contributed by atoms with Gasteiger partial charge in [0, 0.05) is 13.1 Å². The van der Waals surface area contributed by atoms with Crippen LogP contribution in [0.3, 0.4) is 0 Å². The van der Waals surface area contributed by atoms with Crippen molar-refractivity contribution < 1.29 is 4.79 Å². The third-order valence-corrected chi connectivity index (χ3v) is 6.89. The first-order chi connectivity index (χ1) is 9.17. The molecular weight excluding hydrogens is 248 g/mol. The fourth-order valence-electron chi connectivity index (χ4n) is 4.06. The van der Waals surface area contributed by atoms with Gasteiger partial charge >= 0.3 is 0 Å². The molecule has 0 aromatic carbocycles. The minimum atomic E-state index is -0.296. The van der Waals surface area contributed by atoms with Gasteiger partial charge < -0.3 is 11.1 Å². The van der Waals surface area contributed by atoms with Crippen LogP contribution >= 0.6 is 0 Å². The van der Waals surface area contributed by atoms with Crippen molar-refractivity contribution in [3.05, 3.63) is 0 Å². The van der Waals surface area contributed by atoms with Gasteiger partial charge in [-0.1, -0.05) is 34.6 Å². The molecule has 0 heterocycles. The molecule has 1 amide bonds. The summed E-state index contributed by atoms with van der Waals surface area (Å²) in [5.74, 6) is 1.52. The van der Waals surface area contributed by atoms with Crippen LogP contribution < -0.4 is 11.1 Å². The number of amides is 1. The Morgan fingerprint density at radius 2 is 1.65 bits per heavy atom. The Morgan fingerprint density at radius 3 is 2.05 bits per heavy atom. The molecule has 0 aliphatic heterocycles. The minimum Gasteiger partial charge on any atom is -0.355 e. The monoisotopic (exact) mass is 280 g/mol. The van der Waals surface area contributed by atoms with Crippen LogP contribution in [0.2, 0.25) is 0 Å². The number of hydrogen-bond acceptors (Lipinski definition) is 2. The second-order valence-corrected chi connectivity index (χ2v) is 8.37. The van der Waals surface area contributed by atoms with Gasteiger partial charge in [0.1, 0.15) is 0 Å². The predicted molar refractivity (Wildman–Crippen MR) is 83.2 cm³/mol. The van der Waals surface area contributed by atoms with Gasteiger partial charge in [-0.3, -0.25) is 4.79 Å². The van der Waals surface area contributed by atoms with Gasteiger partial charge in [0.05, 0.1) is 5.41 Å². The van der Waals surface area contributed by atoms with E-state index in [1.807, 2.05) is 0 Å². The van der Waals surface area contributed by atoms with E-state index in [4.69, 9.17) is 5.73 Å². The second-order valence-electron chi connectivity index (χ2n) is 8.37. The van der Waals surface area contributed by atoms with E-state index in [0.29, 0.717) is 23.3 Å². The smallest absolute Gasteiger partial charge is 0.227 e. The largest absolute Gasteiger partial charge is 0.355 e. The molecule has 0 aromatic heterocycles. The van der Waals surface area contributed by atoms with Crippen molar-refractivity contribution in [3.8, 4) is 0 Å². The lowest BCUT2D eigenvalue weighted by molar-refractivity contribution is -0.132. The molecule has 3 N–H and O–H groups in total. The van der Waals surface area contributed by atoms with Gasteiger partial charge in [0.2, 0.25) is 5.91 Å². The number of nitrogens with two attached hydrogens (primary N) is 1. The molecule has 0 atom stereocenters. The van der Waals surface area contributed by atoms with Crippen molar-refractivity contribution in [3.63, 3.8) is 0 Å². The molecule has 0 spiro atoms. The van der Waals surface area contributed by atoms with Crippen molar-refractivity contribution in [2.45, 2.75) is 60.3 Å². The van der Waals surface area contributed by atoms with Crippen LogP contribution in [-0.4, -0.2) is 19.0 Å². The number of rotatable bonds is 4. The summed E-state index contributed by atoms with van der Waals surface area (Å²) in [5, 5.41) is 3.21. The number of carbonyl (C=O) groups excluding carboxylic acids is 1. The molecule has 0 aromatic rings. The normalized spacial score (nSPS) is 35.6. The van der Waals surface area contributed by atoms with Crippen molar-refractivity contribution in [1.29, 1.82) is 0 Å². The highest BCUT2D eigenvalue weighted by Crippen LogP contribution is 2.67. The Labute approximate surface area is 124 Å². The van der Waals surface area contributed by atoms with Crippen LogP contribution in [0.5, 0.6) is 0 Å². The molecule has 0 saturated heterocycles. The highest BCUT2D eigenvalue weighted by Gasteiger charge is 2.64. The maximum absolute atomic E-state index is 12.6. The molecule has 0 bridgehead atoms. The predicted octanol–water partition coefficient (Wildman–Crippen LogP) is 2.94. The summed E-state index contributed by atoms with van der Waals surface area (Å²) in [4.78, 5) is 12.6. The van der Waals surface area contributed by atoms with E-state index in [0.717, 1.165) is 38.1 Å². The molecule has 0 unspecified atom stereocenters. The standard InChI is InChI=1S/C17H32N2O/c1-12-6-8-17(11-18,9-7-12)14(20)19-10-13-15(2,3)16(13,4)5/h12-13H,6-11,18H2,1-5H3,(H,19,20). The van der Waals surface area contributed by atoms with Crippen molar-refractivity contribution >= 4 is 5.91 Å². The Hall–Kier alpha value is -0.570. The van der Waals surface area contributed by atoms with Crippen LogP contribution in [-0.2, 0) is 4.79 Å². The summed E-state index contributed by atoms with van der Waals surface area (Å²) < 4.78 is 0. The first-order valence-corrected chi connectivity index (χ1v) is 8.16. The molecule has 2 saturated carbocycles. The van der Waals surface area contributed by atoms with Crippen LogP contribution in [0.1, 0.15) is 60.3 Å². The molecule has 2 aliphatic carbocycles. The van der Waals surface area contributed by atoms with Crippen LogP contribution in [0.25, 0.3) is 0 Å². The average Bonchev–Trinajstić information content (AvgIpc) is 2.78. The summed E-state index contributed by atoms with van der Waals surface area (Å²) in [6.45, 7) is 12.7. The summed E-state index contributed by atoms with van der Waals surface area (Å²) in [6, 6.07) is 0. The fraction of sp³-hybridized carbons (Fsp3) is 0.941. The Bertz CT molecular complexity index is 364. The lowest BCUT2D eigenvalue weighted by atomic mass is 9.70. The van der Waals surface area contributed by atoms with E-state index in [1.165, 1.54) is 0 Å². The number of hydrogen-bond donors (Lipinski definition) is 2. The van der Waals surface area contributed by atoms with Crippen molar-refractivity contribution in [2.24, 2.45) is 33.8 Å². The fourth-order valence-corrected chi connectivity index (χ4v) is 4.06. The van der Waals surface area contributed by atoms with Gasteiger partial charge in [-0.2, -0.15) is 0 Å². The number of carbonyl (C=O) groups is 1. The summed E-state index contributed by atoms with van der Waals surface area (Å²) >= 11 is 0. The third kappa shape index (κ3) is 2.38. The van der Waals surface area contributed by atoms with Gasteiger partial charge in [0.15, 0.2) is 0 Å². The summed E-state index contributed by atoms with van der Waals surface area (Å²) in [6.07, 6.45) is 4.16. The maximum Gasteiger partial charge on any atom is 0.227 e. The zero-order chi connectivity index (χ0) is 15.2. The van der Waals surface area contributed by atoms with Crippen LogP contribution in [0, 0.1) is 28.1 Å². The van der Waals surface area contributed by atoms with E-state index in [9.17, 15) is 4.79 Å². The molecule has 20 heavy (non-hydrogen) atoms. The van der Waals surface area contributed by atoms with E-state index >= 15 is 0 Å². The van der Waals surface area contributed by atoms with Gasteiger partial charge in [-0.25, -0.2) is 0 Å². The molecular formula is C17H32N2O. The topological polar surface area (TPSA) is 55.1 Å². The van der Waals surface area contributed by atoms with E-state index in [2.05, 4.69) is 39.9 Å². The van der Waals surface area contributed by atoms with Crippen LogP contribution in [0.4, 0.5) is 0 Å². The van der Waals surface area contributed by atoms with Crippen LogP contribution in [0.15, 0.2) is 0 Å². The maximum atomic E-state index is 12.6. The van der Waals surface area contributed by atoms with Crippen molar-refractivity contribution in [1.82, 2.24) is 5.32 Å². The zero-order valence-corrected chi connectivity index (χ0v) is 13.9. The quantitative estimate of drug-likeness (QED) is 0.832. The van der Waals surface area contributed by atoms with Gasteiger partial charge in [0.25, 0.3) is 0 Å². The minimum absolute atomic E-state index is 0.199. The zero-order valence-electron chi connectivity index (χ0n) is 13.9. The highest BCUT2D eigenvalue weighted by atomic mass is 16.2. The SMILES string of the molecule is CC1CCC(CN)(C(=O)NCC2C(C)(C)C2(C)C)CC1. The molecule has 3 nitrogen and oxygen atoms in total. The average molecular weight is 280 g/mol. The molecule has 2 aliphatic rings. The van der Waals surface area contributed by atoms with Crippen molar-refractivity contribution in [2.75, 3.05) is 13.1 Å². The van der Waals surface area contributed by atoms with E-state index in [1.54, 1.807) is 0 Å². The Morgan fingerprint density at radius 1 is 1.15 bits per heavy atom. The molecule has 2 fully saturated rings. The first-order valence-electron chi connectivity index (χ1n) is 8.16. The van der Waals surface area contributed by atoms with Gasteiger partial charge in [-0.05, 0) is 48.3 Å². The van der Waals surface area contributed by atoms with Gasteiger partial charge in [-0.15, -0.1) is 0 Å². The number of nitrogens with one attached hydrogen (secondary N) is 1. The lowest BCUT2D eigenvalue weighted by Gasteiger charge is -2.37. The second kappa shape index (κ2) is 5.01. The Balaban J connectivity index is 1.92. The summed E-state index contributed by atoms with van der Waals surface area (Å²) in [7, 11) is 0. The van der Waals surface area contributed by atoms with E-state index in [-0.39, 0.29) is 11.3 Å². The Kier molecular flexibility index (Phi) is 3.96. The third-order valence-electron chi connectivity index (χ3n) is 6.89. The van der Waals surface area contributed by atoms with E-state index < -0.39 is 0 Å². The first kappa shape index (κ1) is 15.8. The lowest BCUT2D eigenvalue weighted by Crippen LogP contribution is -2.48. The highest BCUT2D eigenvalue weighted by molar-refractivity contribution is 5.83. The molecule has 2 rings (SSSR count).